The minimum atomic E-state index is -0.454. The van der Waals surface area contributed by atoms with Gasteiger partial charge in [-0.2, -0.15) is 0 Å². The molecular formula is C19H22BrNO4. The van der Waals surface area contributed by atoms with Gasteiger partial charge in [-0.3, -0.25) is 4.79 Å². The average Bonchev–Trinajstić information content (AvgIpc) is 2.95. The molecule has 5 rings (SSSR count). The second-order valence-electron chi connectivity index (χ2n) is 7.75. The number of rotatable bonds is 2. The molecule has 0 aromatic heterocycles. The number of ketones is 1. The maximum Gasteiger partial charge on any atom is 0.202 e. The number of piperidine rings is 1. The zero-order valence-corrected chi connectivity index (χ0v) is 16.3. The Labute approximate surface area is 155 Å². The van der Waals surface area contributed by atoms with Crippen molar-refractivity contribution in [1.29, 1.82) is 0 Å². The fourth-order valence-electron chi connectivity index (χ4n) is 5.88. The highest BCUT2D eigenvalue weighted by molar-refractivity contribution is 9.10. The maximum atomic E-state index is 13.1. The average molecular weight is 408 g/mol. The van der Waals surface area contributed by atoms with Gasteiger partial charge in [0.05, 0.1) is 7.11 Å². The number of nitrogens with zero attached hydrogens (tertiary/aromatic N) is 1. The van der Waals surface area contributed by atoms with Crippen molar-refractivity contribution in [3.8, 4) is 11.5 Å². The Kier molecular flexibility index (Phi) is 3.35. The summed E-state index contributed by atoms with van der Waals surface area (Å²) in [6.07, 6.45) is 1.86. The molecule has 5 nitrogen and oxygen atoms in total. The number of benzene rings is 1. The van der Waals surface area contributed by atoms with Crippen LogP contribution in [0.2, 0.25) is 0 Å². The van der Waals surface area contributed by atoms with Gasteiger partial charge in [0.2, 0.25) is 5.78 Å². The molecular weight excluding hydrogens is 386 g/mol. The van der Waals surface area contributed by atoms with Crippen LogP contribution in [0.5, 0.6) is 11.5 Å². The Morgan fingerprint density at radius 3 is 2.92 bits per heavy atom. The Hall–Kier alpha value is -1.11. The molecule has 5 atom stereocenters. The molecule has 4 aliphatic rings. The SMILES string of the molecule is COc1cc(Br)c2c3c1OC1C(=O)C(OC)CC4C(C2)N(C)CC[C@@]314. The van der Waals surface area contributed by atoms with E-state index in [2.05, 4.69) is 27.9 Å². The van der Waals surface area contributed by atoms with Crippen LogP contribution in [-0.2, 0) is 21.4 Å². The zero-order chi connectivity index (χ0) is 17.5. The van der Waals surface area contributed by atoms with E-state index in [0.29, 0.717) is 17.7 Å². The van der Waals surface area contributed by atoms with Gasteiger partial charge < -0.3 is 19.1 Å². The van der Waals surface area contributed by atoms with Crippen LogP contribution in [0.1, 0.15) is 24.0 Å². The number of ether oxygens (including phenoxy) is 3. The Morgan fingerprint density at radius 1 is 1.40 bits per heavy atom. The largest absolute Gasteiger partial charge is 0.493 e. The van der Waals surface area contributed by atoms with Gasteiger partial charge in [0.15, 0.2) is 17.6 Å². The van der Waals surface area contributed by atoms with Crippen LogP contribution in [0.25, 0.3) is 0 Å². The van der Waals surface area contributed by atoms with Crippen LogP contribution in [0, 0.1) is 5.92 Å². The maximum absolute atomic E-state index is 13.1. The lowest BCUT2D eigenvalue weighted by Crippen LogP contribution is -2.68. The van der Waals surface area contributed by atoms with Crippen molar-refractivity contribution in [2.45, 2.75) is 42.9 Å². The third-order valence-electron chi connectivity index (χ3n) is 7.00. The molecule has 0 radical (unpaired) electrons. The smallest absolute Gasteiger partial charge is 0.202 e. The van der Waals surface area contributed by atoms with E-state index in [0.717, 1.165) is 36.0 Å². The molecule has 1 aromatic rings. The van der Waals surface area contributed by atoms with Crippen LogP contribution in [0.4, 0.5) is 0 Å². The molecule has 6 heteroatoms. The van der Waals surface area contributed by atoms with Gasteiger partial charge in [-0.1, -0.05) is 15.9 Å². The highest BCUT2D eigenvalue weighted by atomic mass is 79.9. The van der Waals surface area contributed by atoms with Gasteiger partial charge in [-0.05, 0) is 50.4 Å². The number of likely N-dealkylation sites (N-methyl/N-ethyl adjacent to an activating group) is 1. The lowest BCUT2D eigenvalue weighted by atomic mass is 9.51. The van der Waals surface area contributed by atoms with E-state index in [4.69, 9.17) is 14.2 Å². The fraction of sp³-hybridized carbons (Fsp3) is 0.632. The van der Waals surface area contributed by atoms with Gasteiger partial charge in [0.1, 0.15) is 6.10 Å². The summed E-state index contributed by atoms with van der Waals surface area (Å²) in [6.45, 7) is 0.986. The van der Waals surface area contributed by atoms with Crippen molar-refractivity contribution in [3.63, 3.8) is 0 Å². The number of methoxy groups -OCH3 is 2. The molecule has 0 N–H and O–H groups in total. The van der Waals surface area contributed by atoms with E-state index in [9.17, 15) is 4.79 Å². The Bertz CT molecular complexity index is 781. The molecule has 0 amide bonds. The third kappa shape index (κ3) is 1.78. The number of hydrogen-bond acceptors (Lipinski definition) is 5. The highest BCUT2D eigenvalue weighted by Crippen LogP contribution is 2.64. The number of likely N-dealkylation sites (tertiary alicyclic amines) is 1. The number of carbonyl (C=O) groups excluding carboxylic acids is 1. The normalized spacial score (nSPS) is 38.3. The van der Waals surface area contributed by atoms with Crippen LogP contribution in [0.15, 0.2) is 10.5 Å². The summed E-state index contributed by atoms with van der Waals surface area (Å²) in [5.41, 5.74) is 2.28. The van der Waals surface area contributed by atoms with Crippen molar-refractivity contribution < 1.29 is 19.0 Å². The van der Waals surface area contributed by atoms with Crippen molar-refractivity contribution in [2.24, 2.45) is 5.92 Å². The predicted octanol–water partition coefficient (Wildman–Crippen LogP) is 2.32. The summed E-state index contributed by atoms with van der Waals surface area (Å²) in [7, 11) is 5.49. The van der Waals surface area contributed by atoms with Gasteiger partial charge in [-0.15, -0.1) is 0 Å². The van der Waals surface area contributed by atoms with Gasteiger partial charge in [0.25, 0.3) is 0 Å². The topological polar surface area (TPSA) is 48.0 Å². The van der Waals surface area contributed by atoms with E-state index in [1.54, 1.807) is 14.2 Å². The van der Waals surface area contributed by atoms with Crippen molar-refractivity contribution in [1.82, 2.24) is 4.90 Å². The summed E-state index contributed by atoms with van der Waals surface area (Å²) in [4.78, 5) is 15.6. The van der Waals surface area contributed by atoms with E-state index in [-0.39, 0.29) is 17.3 Å². The van der Waals surface area contributed by atoms with Crippen LogP contribution < -0.4 is 9.47 Å². The lowest BCUT2D eigenvalue weighted by molar-refractivity contribution is -0.154. The first-order valence-electron chi connectivity index (χ1n) is 8.86. The number of Topliss-reactive ketones (excluding diaryl/α,β-unsaturated/α-hetero) is 1. The fourth-order valence-corrected chi connectivity index (χ4v) is 6.44. The van der Waals surface area contributed by atoms with Crippen molar-refractivity contribution in [2.75, 3.05) is 27.8 Å². The molecule has 2 fully saturated rings. The summed E-state index contributed by atoms with van der Waals surface area (Å²) >= 11 is 3.74. The van der Waals surface area contributed by atoms with E-state index in [1.165, 1.54) is 11.1 Å². The van der Waals surface area contributed by atoms with E-state index >= 15 is 0 Å². The summed E-state index contributed by atoms with van der Waals surface area (Å²) in [6, 6.07) is 2.39. The van der Waals surface area contributed by atoms with Gasteiger partial charge >= 0.3 is 0 Å². The van der Waals surface area contributed by atoms with Crippen LogP contribution in [0.3, 0.4) is 0 Å². The molecule has 1 spiro atoms. The molecule has 1 saturated carbocycles. The molecule has 4 unspecified atom stereocenters. The highest BCUT2D eigenvalue weighted by Gasteiger charge is 2.67. The lowest BCUT2D eigenvalue weighted by Gasteiger charge is -2.58. The van der Waals surface area contributed by atoms with Crippen molar-refractivity contribution >= 4 is 21.7 Å². The first-order valence-corrected chi connectivity index (χ1v) is 9.65. The second kappa shape index (κ2) is 5.21. The van der Waals surface area contributed by atoms with Gasteiger partial charge in [0, 0.05) is 28.6 Å². The summed E-state index contributed by atoms with van der Waals surface area (Å²) in [5.74, 6) is 1.95. The molecule has 2 bridgehead atoms. The quantitative estimate of drug-likeness (QED) is 0.752. The Morgan fingerprint density at radius 2 is 2.20 bits per heavy atom. The molecule has 2 aliphatic carbocycles. The first kappa shape index (κ1) is 16.1. The minimum Gasteiger partial charge on any atom is -0.493 e. The number of halogens is 1. The van der Waals surface area contributed by atoms with Crippen LogP contribution >= 0.6 is 15.9 Å². The molecule has 2 heterocycles. The van der Waals surface area contributed by atoms with E-state index in [1.807, 2.05) is 6.07 Å². The standard InChI is InChI=1S/C19H22BrNO4/c1-21-5-4-19-10-7-13(23-2)16(22)18(19)25-17-14(24-3)8-11(20)9(15(17)19)6-12(10)21/h8,10,12-13,18H,4-7H2,1-3H3/t10?,12?,13?,18?,19-/m1/s1. The zero-order valence-electron chi connectivity index (χ0n) is 14.7. The van der Waals surface area contributed by atoms with Crippen molar-refractivity contribution in [3.05, 3.63) is 21.7 Å². The second-order valence-corrected chi connectivity index (χ2v) is 8.61. The summed E-state index contributed by atoms with van der Waals surface area (Å²) in [5, 5.41) is 0. The van der Waals surface area contributed by atoms with Crippen LogP contribution in [-0.4, -0.2) is 56.7 Å². The molecule has 134 valence electrons. The Balaban J connectivity index is 1.80. The predicted molar refractivity (Wildman–Crippen MR) is 95.4 cm³/mol. The third-order valence-corrected chi connectivity index (χ3v) is 7.71. The number of carbonyl (C=O) groups is 1. The summed E-state index contributed by atoms with van der Waals surface area (Å²) < 4.78 is 18.5. The molecule has 25 heavy (non-hydrogen) atoms. The minimum absolute atomic E-state index is 0.0873. The molecule has 1 saturated heterocycles. The molecule has 1 aromatic carbocycles. The van der Waals surface area contributed by atoms with Gasteiger partial charge in [-0.25, -0.2) is 0 Å². The number of hydrogen-bond donors (Lipinski definition) is 0. The monoisotopic (exact) mass is 407 g/mol. The molecule has 2 aliphatic heterocycles. The first-order chi connectivity index (χ1) is 12.0. The van der Waals surface area contributed by atoms with E-state index < -0.39 is 6.10 Å².